The second-order valence-corrected chi connectivity index (χ2v) is 6.26. The molecule has 1 aromatic carbocycles. The number of hydrogen-bond donors (Lipinski definition) is 1. The zero-order valence-corrected chi connectivity index (χ0v) is 13.9. The lowest BCUT2D eigenvalue weighted by Gasteiger charge is -2.05. The highest BCUT2D eigenvalue weighted by Crippen LogP contribution is 2.10. The van der Waals surface area contributed by atoms with Crippen LogP contribution < -0.4 is 11.0 Å². The average Bonchev–Trinajstić information content (AvgIpc) is 2.77. The van der Waals surface area contributed by atoms with Crippen molar-refractivity contribution in [2.45, 2.75) is 51.6 Å². The van der Waals surface area contributed by atoms with Crippen molar-refractivity contribution in [3.63, 3.8) is 0 Å². The van der Waals surface area contributed by atoms with Crippen molar-refractivity contribution >= 4 is 5.91 Å². The Morgan fingerprint density at radius 1 is 1.17 bits per heavy atom. The first kappa shape index (κ1) is 16.5. The van der Waals surface area contributed by atoms with Crippen molar-refractivity contribution in [1.82, 2.24) is 19.7 Å². The molecule has 1 amide bonds. The number of benzene rings is 1. The van der Waals surface area contributed by atoms with Crippen molar-refractivity contribution in [3.05, 3.63) is 52.2 Å². The number of aromatic nitrogens is 3. The van der Waals surface area contributed by atoms with E-state index < -0.39 is 0 Å². The number of aryl methyl sites for hydroxylation is 2. The van der Waals surface area contributed by atoms with E-state index in [1.165, 1.54) is 10.2 Å². The van der Waals surface area contributed by atoms with E-state index >= 15 is 0 Å². The lowest BCUT2D eigenvalue weighted by molar-refractivity contribution is -0.121. The Balaban J connectivity index is 1.48. The van der Waals surface area contributed by atoms with Gasteiger partial charge in [0.1, 0.15) is 12.4 Å². The van der Waals surface area contributed by atoms with Gasteiger partial charge in [0.15, 0.2) is 0 Å². The molecule has 0 atom stereocenters. The first-order chi connectivity index (χ1) is 11.7. The highest BCUT2D eigenvalue weighted by Gasteiger charge is 2.16. The van der Waals surface area contributed by atoms with Gasteiger partial charge in [-0.25, -0.2) is 9.48 Å². The Morgan fingerprint density at radius 2 is 2.00 bits per heavy atom. The van der Waals surface area contributed by atoms with Crippen molar-refractivity contribution in [2.75, 3.05) is 6.54 Å². The molecule has 1 aliphatic rings. The number of carbonyl (C=O) groups excluding carboxylic acids is 1. The van der Waals surface area contributed by atoms with E-state index in [2.05, 4.69) is 22.5 Å². The Bertz CT molecular complexity index is 733. The molecule has 0 fully saturated rings. The third-order valence-corrected chi connectivity index (χ3v) is 4.38. The van der Waals surface area contributed by atoms with Gasteiger partial charge in [-0.3, -0.25) is 9.36 Å². The average molecular weight is 328 g/mol. The molecule has 6 heteroatoms. The normalized spacial score (nSPS) is 14.0. The quantitative estimate of drug-likeness (QED) is 0.818. The molecular formula is C18H24N4O2. The van der Waals surface area contributed by atoms with Crippen LogP contribution in [0.2, 0.25) is 0 Å². The first-order valence-corrected chi connectivity index (χ1v) is 8.71. The van der Waals surface area contributed by atoms with Crippen molar-refractivity contribution < 1.29 is 4.79 Å². The summed E-state index contributed by atoms with van der Waals surface area (Å²) in [6, 6.07) is 10.2. The number of nitrogens with one attached hydrogen (secondary N) is 1. The Kier molecular flexibility index (Phi) is 5.46. The van der Waals surface area contributed by atoms with Crippen LogP contribution in [-0.4, -0.2) is 26.8 Å². The minimum absolute atomic E-state index is 0.00414. The summed E-state index contributed by atoms with van der Waals surface area (Å²) < 4.78 is 3.02. The SMILES string of the molecule is O=C(Cn1nc2n(c1=O)CCCCC2)NCCCc1ccccc1. The molecule has 2 aromatic rings. The number of fused-ring (bicyclic) bond motifs is 1. The van der Waals surface area contributed by atoms with E-state index in [4.69, 9.17) is 0 Å². The number of carbonyl (C=O) groups is 1. The van der Waals surface area contributed by atoms with Gasteiger partial charge in [0, 0.05) is 19.5 Å². The van der Waals surface area contributed by atoms with E-state index in [9.17, 15) is 9.59 Å². The molecule has 3 rings (SSSR count). The van der Waals surface area contributed by atoms with Gasteiger partial charge in [0.05, 0.1) is 0 Å². The van der Waals surface area contributed by atoms with Gasteiger partial charge < -0.3 is 5.32 Å². The second-order valence-electron chi connectivity index (χ2n) is 6.26. The molecule has 1 aromatic heterocycles. The largest absolute Gasteiger partial charge is 0.354 e. The molecule has 0 bridgehead atoms. The predicted octanol–water partition coefficient (Wildman–Crippen LogP) is 1.52. The third-order valence-electron chi connectivity index (χ3n) is 4.38. The summed E-state index contributed by atoms with van der Waals surface area (Å²) in [5, 5.41) is 7.21. The molecule has 128 valence electrons. The van der Waals surface area contributed by atoms with E-state index in [0.717, 1.165) is 44.3 Å². The molecule has 2 heterocycles. The fraction of sp³-hybridized carbons (Fsp3) is 0.500. The molecule has 1 N–H and O–H groups in total. The lowest BCUT2D eigenvalue weighted by atomic mass is 10.1. The lowest BCUT2D eigenvalue weighted by Crippen LogP contribution is -2.34. The monoisotopic (exact) mass is 328 g/mol. The fourth-order valence-corrected chi connectivity index (χ4v) is 3.09. The molecule has 0 aliphatic carbocycles. The Morgan fingerprint density at radius 3 is 2.83 bits per heavy atom. The molecule has 0 radical (unpaired) electrons. The van der Waals surface area contributed by atoms with Crippen molar-refractivity contribution in [3.8, 4) is 0 Å². The minimum atomic E-state index is -0.161. The standard InChI is InChI=1S/C18H24N4O2/c23-17(19-12-7-10-15-8-3-1-4-9-15)14-22-18(24)21-13-6-2-5-11-16(21)20-22/h1,3-4,8-9H,2,5-7,10-14H2,(H,19,23). The second kappa shape index (κ2) is 7.95. The topological polar surface area (TPSA) is 68.9 Å². The smallest absolute Gasteiger partial charge is 0.346 e. The van der Waals surface area contributed by atoms with Gasteiger partial charge >= 0.3 is 5.69 Å². The number of rotatable bonds is 6. The van der Waals surface area contributed by atoms with Crippen LogP contribution in [0.15, 0.2) is 35.1 Å². The van der Waals surface area contributed by atoms with Gasteiger partial charge in [-0.05, 0) is 31.2 Å². The van der Waals surface area contributed by atoms with Crippen LogP contribution >= 0.6 is 0 Å². The zero-order valence-electron chi connectivity index (χ0n) is 13.9. The summed E-state index contributed by atoms with van der Waals surface area (Å²) in [5.41, 5.74) is 1.10. The highest BCUT2D eigenvalue weighted by molar-refractivity contribution is 5.75. The number of amides is 1. The summed E-state index contributed by atoms with van der Waals surface area (Å²) in [6.45, 7) is 1.33. The molecule has 0 spiro atoms. The van der Waals surface area contributed by atoms with Gasteiger partial charge in [0.25, 0.3) is 0 Å². The van der Waals surface area contributed by atoms with Crippen molar-refractivity contribution in [2.24, 2.45) is 0 Å². The maximum absolute atomic E-state index is 12.3. The van der Waals surface area contributed by atoms with Crippen LogP contribution in [0.5, 0.6) is 0 Å². The maximum Gasteiger partial charge on any atom is 0.346 e. The molecule has 6 nitrogen and oxygen atoms in total. The van der Waals surface area contributed by atoms with Crippen LogP contribution in [-0.2, 0) is 30.7 Å². The van der Waals surface area contributed by atoms with Crippen LogP contribution in [0.4, 0.5) is 0 Å². The summed E-state index contributed by atoms with van der Waals surface area (Å²) in [5.74, 6) is 0.660. The van der Waals surface area contributed by atoms with Gasteiger partial charge in [-0.15, -0.1) is 0 Å². The van der Waals surface area contributed by atoms with E-state index in [1.54, 1.807) is 4.57 Å². The number of hydrogen-bond acceptors (Lipinski definition) is 3. The first-order valence-electron chi connectivity index (χ1n) is 8.71. The van der Waals surface area contributed by atoms with Gasteiger partial charge in [0.2, 0.25) is 5.91 Å². The number of nitrogens with zero attached hydrogens (tertiary/aromatic N) is 3. The summed E-state index contributed by atoms with van der Waals surface area (Å²) >= 11 is 0. The maximum atomic E-state index is 12.3. The highest BCUT2D eigenvalue weighted by atomic mass is 16.2. The van der Waals surface area contributed by atoms with E-state index in [1.807, 2.05) is 18.2 Å². The zero-order chi connectivity index (χ0) is 16.8. The van der Waals surface area contributed by atoms with Crippen LogP contribution in [0.3, 0.4) is 0 Å². The summed E-state index contributed by atoms with van der Waals surface area (Å²) in [4.78, 5) is 24.3. The van der Waals surface area contributed by atoms with Crippen molar-refractivity contribution in [1.29, 1.82) is 0 Å². The Hall–Kier alpha value is -2.37. The van der Waals surface area contributed by atoms with E-state index in [-0.39, 0.29) is 18.1 Å². The molecule has 0 saturated heterocycles. The minimum Gasteiger partial charge on any atom is -0.354 e. The molecular weight excluding hydrogens is 304 g/mol. The molecule has 24 heavy (non-hydrogen) atoms. The fourth-order valence-electron chi connectivity index (χ4n) is 3.09. The van der Waals surface area contributed by atoms with Crippen LogP contribution in [0, 0.1) is 0 Å². The van der Waals surface area contributed by atoms with Crippen LogP contribution in [0.1, 0.15) is 37.1 Å². The molecule has 1 aliphatic heterocycles. The summed E-state index contributed by atoms with van der Waals surface area (Å²) in [6.07, 6.45) is 5.82. The Labute approximate surface area is 141 Å². The predicted molar refractivity (Wildman–Crippen MR) is 91.8 cm³/mol. The summed E-state index contributed by atoms with van der Waals surface area (Å²) in [7, 11) is 0. The third kappa shape index (κ3) is 4.13. The molecule has 0 saturated carbocycles. The van der Waals surface area contributed by atoms with Gasteiger partial charge in [-0.2, -0.15) is 5.10 Å². The van der Waals surface area contributed by atoms with E-state index in [0.29, 0.717) is 13.1 Å². The van der Waals surface area contributed by atoms with Gasteiger partial charge in [-0.1, -0.05) is 36.8 Å². The molecule has 0 unspecified atom stereocenters. The van der Waals surface area contributed by atoms with Crippen LogP contribution in [0.25, 0.3) is 0 Å².